The predicted octanol–water partition coefficient (Wildman–Crippen LogP) is 3.03. The lowest BCUT2D eigenvalue weighted by atomic mass is 10.1. The van der Waals surface area contributed by atoms with Gasteiger partial charge in [-0.05, 0) is 31.2 Å². The standard InChI is InChI=1S/C17H21N3O2S/c1-12(20-7-9-23-10-8-20)17(21)19-15-5-3-14(4-6-15)16-11-18-13(2)22-16/h3-6,11-12H,7-10H2,1-2H3,(H,19,21)/t12-/m0/s1. The minimum absolute atomic E-state index is 0.0418. The first-order valence-electron chi connectivity index (χ1n) is 7.79. The lowest BCUT2D eigenvalue weighted by Crippen LogP contribution is -2.46. The molecule has 0 unspecified atom stereocenters. The molecule has 0 bridgehead atoms. The molecule has 1 aliphatic heterocycles. The van der Waals surface area contributed by atoms with Crippen molar-refractivity contribution in [2.45, 2.75) is 19.9 Å². The zero-order valence-electron chi connectivity index (χ0n) is 13.4. The molecule has 1 saturated heterocycles. The summed E-state index contributed by atoms with van der Waals surface area (Å²) in [6.07, 6.45) is 1.71. The summed E-state index contributed by atoms with van der Waals surface area (Å²) < 4.78 is 5.50. The van der Waals surface area contributed by atoms with Crippen LogP contribution in [0.15, 0.2) is 34.9 Å². The van der Waals surface area contributed by atoms with Crippen LogP contribution in [0.4, 0.5) is 5.69 Å². The Morgan fingerprint density at radius 1 is 1.30 bits per heavy atom. The lowest BCUT2D eigenvalue weighted by molar-refractivity contribution is -0.120. The van der Waals surface area contributed by atoms with Crippen molar-refractivity contribution in [1.29, 1.82) is 0 Å². The molecule has 1 N–H and O–H groups in total. The van der Waals surface area contributed by atoms with Crippen LogP contribution in [-0.4, -0.2) is 46.4 Å². The van der Waals surface area contributed by atoms with Gasteiger partial charge in [0.05, 0.1) is 12.2 Å². The van der Waals surface area contributed by atoms with Gasteiger partial charge in [-0.2, -0.15) is 11.8 Å². The number of rotatable bonds is 4. The minimum Gasteiger partial charge on any atom is -0.441 e. The van der Waals surface area contributed by atoms with E-state index in [9.17, 15) is 4.79 Å². The van der Waals surface area contributed by atoms with E-state index in [1.54, 1.807) is 6.20 Å². The molecule has 5 nitrogen and oxygen atoms in total. The number of aromatic nitrogens is 1. The molecule has 0 radical (unpaired) electrons. The average Bonchev–Trinajstić information content (AvgIpc) is 3.02. The maximum Gasteiger partial charge on any atom is 0.241 e. The van der Waals surface area contributed by atoms with Gasteiger partial charge in [0.25, 0.3) is 0 Å². The molecule has 2 aromatic rings. The largest absolute Gasteiger partial charge is 0.441 e. The third-order valence-electron chi connectivity index (χ3n) is 4.03. The summed E-state index contributed by atoms with van der Waals surface area (Å²) in [5.74, 6) is 3.62. The fraction of sp³-hybridized carbons (Fsp3) is 0.412. The summed E-state index contributed by atoms with van der Waals surface area (Å²) in [6.45, 7) is 5.74. The molecule has 122 valence electrons. The quantitative estimate of drug-likeness (QED) is 0.933. The van der Waals surface area contributed by atoms with Gasteiger partial charge in [0.2, 0.25) is 5.91 Å². The number of nitrogens with zero attached hydrogens (tertiary/aromatic N) is 2. The molecule has 1 amide bonds. The second-order valence-corrected chi connectivity index (χ2v) is 6.86. The van der Waals surface area contributed by atoms with Gasteiger partial charge in [0.15, 0.2) is 11.7 Å². The van der Waals surface area contributed by atoms with E-state index in [2.05, 4.69) is 15.2 Å². The smallest absolute Gasteiger partial charge is 0.241 e. The van der Waals surface area contributed by atoms with E-state index in [4.69, 9.17) is 4.42 Å². The highest BCUT2D eigenvalue weighted by molar-refractivity contribution is 7.99. The molecule has 1 aromatic heterocycles. The van der Waals surface area contributed by atoms with Gasteiger partial charge < -0.3 is 9.73 Å². The fourth-order valence-corrected chi connectivity index (χ4v) is 3.52. The Morgan fingerprint density at radius 2 is 2.00 bits per heavy atom. The van der Waals surface area contributed by atoms with Crippen LogP contribution in [0.25, 0.3) is 11.3 Å². The minimum atomic E-state index is -0.104. The normalized spacial score (nSPS) is 17.0. The Hall–Kier alpha value is -1.79. The number of nitrogens with one attached hydrogen (secondary N) is 1. The average molecular weight is 331 g/mol. The van der Waals surface area contributed by atoms with Gasteiger partial charge in [-0.25, -0.2) is 4.98 Å². The molecule has 1 atom stereocenters. The van der Waals surface area contributed by atoms with Crippen LogP contribution in [0.5, 0.6) is 0 Å². The zero-order chi connectivity index (χ0) is 16.2. The zero-order valence-corrected chi connectivity index (χ0v) is 14.2. The monoisotopic (exact) mass is 331 g/mol. The van der Waals surface area contributed by atoms with E-state index in [-0.39, 0.29) is 11.9 Å². The van der Waals surface area contributed by atoms with Crippen LogP contribution >= 0.6 is 11.8 Å². The van der Waals surface area contributed by atoms with Crippen LogP contribution in [0.2, 0.25) is 0 Å². The van der Waals surface area contributed by atoms with Crippen LogP contribution in [0.3, 0.4) is 0 Å². The summed E-state index contributed by atoms with van der Waals surface area (Å²) >= 11 is 1.95. The molecule has 3 rings (SSSR count). The van der Waals surface area contributed by atoms with Gasteiger partial charge in [-0.15, -0.1) is 0 Å². The number of hydrogen-bond acceptors (Lipinski definition) is 5. The Morgan fingerprint density at radius 3 is 2.61 bits per heavy atom. The van der Waals surface area contributed by atoms with E-state index < -0.39 is 0 Å². The van der Waals surface area contributed by atoms with Gasteiger partial charge >= 0.3 is 0 Å². The molecule has 1 aliphatic rings. The van der Waals surface area contributed by atoms with Crippen molar-refractivity contribution in [3.63, 3.8) is 0 Å². The van der Waals surface area contributed by atoms with E-state index in [0.29, 0.717) is 5.89 Å². The third-order valence-corrected chi connectivity index (χ3v) is 4.97. The van der Waals surface area contributed by atoms with Gasteiger partial charge in [0, 0.05) is 42.8 Å². The Labute approximate surface area is 140 Å². The lowest BCUT2D eigenvalue weighted by Gasteiger charge is -2.31. The highest BCUT2D eigenvalue weighted by Crippen LogP contribution is 2.22. The highest BCUT2D eigenvalue weighted by atomic mass is 32.2. The van der Waals surface area contributed by atoms with Crippen LogP contribution in [0, 0.1) is 6.92 Å². The number of carbonyl (C=O) groups is 1. The molecule has 0 aliphatic carbocycles. The van der Waals surface area contributed by atoms with Crippen molar-refractivity contribution >= 4 is 23.4 Å². The molecule has 1 fully saturated rings. The second-order valence-electron chi connectivity index (χ2n) is 5.63. The Bertz CT molecular complexity index is 663. The molecule has 0 spiro atoms. The molecule has 0 saturated carbocycles. The van der Waals surface area contributed by atoms with Gasteiger partial charge in [-0.3, -0.25) is 9.69 Å². The van der Waals surface area contributed by atoms with Gasteiger partial charge in [-0.1, -0.05) is 0 Å². The first-order chi connectivity index (χ1) is 11.1. The first-order valence-corrected chi connectivity index (χ1v) is 8.94. The Kier molecular flexibility index (Phi) is 5.03. The number of anilines is 1. The molecule has 23 heavy (non-hydrogen) atoms. The SMILES string of the molecule is Cc1ncc(-c2ccc(NC(=O)[C@H](C)N3CCSCC3)cc2)o1. The summed E-state index contributed by atoms with van der Waals surface area (Å²) in [5.41, 5.74) is 1.75. The van der Waals surface area contributed by atoms with Crippen LogP contribution < -0.4 is 5.32 Å². The van der Waals surface area contributed by atoms with Crippen molar-refractivity contribution in [3.8, 4) is 11.3 Å². The molecular formula is C17H21N3O2S. The first kappa shape index (κ1) is 16.1. The molecule has 1 aromatic carbocycles. The molecule has 6 heteroatoms. The fourth-order valence-electron chi connectivity index (χ4n) is 2.59. The van der Waals surface area contributed by atoms with Crippen molar-refractivity contribution in [2.24, 2.45) is 0 Å². The highest BCUT2D eigenvalue weighted by Gasteiger charge is 2.22. The number of benzene rings is 1. The Balaban J connectivity index is 1.62. The summed E-state index contributed by atoms with van der Waals surface area (Å²) in [7, 11) is 0. The van der Waals surface area contributed by atoms with Crippen molar-refractivity contribution in [2.75, 3.05) is 29.9 Å². The molecular weight excluding hydrogens is 310 g/mol. The number of oxazole rings is 1. The summed E-state index contributed by atoms with van der Waals surface area (Å²) in [5, 5.41) is 2.99. The number of thioether (sulfide) groups is 1. The van der Waals surface area contributed by atoms with E-state index >= 15 is 0 Å². The number of amides is 1. The van der Waals surface area contributed by atoms with Crippen LogP contribution in [-0.2, 0) is 4.79 Å². The van der Waals surface area contributed by atoms with E-state index in [1.165, 1.54) is 0 Å². The molecule has 2 heterocycles. The second kappa shape index (κ2) is 7.19. The van der Waals surface area contributed by atoms with Crippen molar-refractivity contribution in [3.05, 3.63) is 36.4 Å². The van der Waals surface area contributed by atoms with Crippen molar-refractivity contribution < 1.29 is 9.21 Å². The summed E-state index contributed by atoms with van der Waals surface area (Å²) in [4.78, 5) is 18.7. The maximum atomic E-state index is 12.4. The van der Waals surface area contributed by atoms with E-state index in [0.717, 1.165) is 41.6 Å². The van der Waals surface area contributed by atoms with Crippen molar-refractivity contribution in [1.82, 2.24) is 9.88 Å². The van der Waals surface area contributed by atoms with E-state index in [1.807, 2.05) is 49.9 Å². The number of carbonyl (C=O) groups excluding carboxylic acids is 1. The van der Waals surface area contributed by atoms with Gasteiger partial charge in [0.1, 0.15) is 0 Å². The number of aryl methyl sites for hydroxylation is 1. The third kappa shape index (κ3) is 3.95. The summed E-state index contributed by atoms with van der Waals surface area (Å²) in [6, 6.07) is 7.54. The van der Waals surface area contributed by atoms with Crippen LogP contribution in [0.1, 0.15) is 12.8 Å². The topological polar surface area (TPSA) is 58.4 Å². The predicted molar refractivity (Wildman–Crippen MR) is 93.7 cm³/mol. The maximum absolute atomic E-state index is 12.4. The number of hydrogen-bond donors (Lipinski definition) is 1.